The van der Waals surface area contributed by atoms with Crippen molar-refractivity contribution in [2.75, 3.05) is 0 Å². The van der Waals surface area contributed by atoms with Gasteiger partial charge in [0.05, 0.1) is 5.71 Å². The summed E-state index contributed by atoms with van der Waals surface area (Å²) in [5.74, 6) is -0.613. The van der Waals surface area contributed by atoms with Crippen molar-refractivity contribution in [2.45, 2.75) is 33.6 Å². The third-order valence-corrected chi connectivity index (χ3v) is 3.29. The lowest BCUT2D eigenvalue weighted by Gasteiger charge is -2.29. The van der Waals surface area contributed by atoms with Crippen molar-refractivity contribution in [3.05, 3.63) is 22.6 Å². The van der Waals surface area contributed by atoms with Crippen LogP contribution in [0.3, 0.4) is 0 Å². The van der Waals surface area contributed by atoms with Crippen LogP contribution in [0.1, 0.15) is 47.7 Å². The molecule has 0 bridgehead atoms. The number of carboxylic acids is 1. The number of nitrogens with zero attached hydrogens (tertiary/aromatic N) is 1. The second-order valence-corrected chi connectivity index (χ2v) is 5.71. The third-order valence-electron chi connectivity index (χ3n) is 3.29. The fraction of sp³-hybridized carbons (Fsp3) is 0.462. The zero-order chi connectivity index (χ0) is 15.1. The Morgan fingerprint density at radius 2 is 2.05 bits per heavy atom. The van der Waals surface area contributed by atoms with E-state index in [1.165, 1.54) is 0 Å². The summed E-state index contributed by atoms with van der Waals surface area (Å²) in [5, 5.41) is 13.1. The maximum absolute atomic E-state index is 11.2. The summed E-state index contributed by atoms with van der Waals surface area (Å²) in [6.07, 6.45) is 1.21. The fourth-order valence-corrected chi connectivity index (χ4v) is 2.54. The molecule has 1 heterocycles. The summed E-state index contributed by atoms with van der Waals surface area (Å²) in [4.78, 5) is 22.0. The first-order chi connectivity index (χ1) is 9.21. The number of nitrogens with two attached hydrogens (primary N) is 1. The van der Waals surface area contributed by atoms with Crippen molar-refractivity contribution < 1.29 is 19.1 Å². The number of carboxylic acid groups (broad SMARTS) is 1. The minimum atomic E-state index is -1.11. The lowest BCUT2D eigenvalue weighted by molar-refractivity contribution is 0.0658. The molecule has 1 aromatic rings. The van der Waals surface area contributed by atoms with Crippen LogP contribution in [0.4, 0.5) is 4.79 Å². The molecule has 0 aliphatic heterocycles. The molecule has 0 saturated carbocycles. The van der Waals surface area contributed by atoms with Gasteiger partial charge >= 0.3 is 12.0 Å². The number of fused-ring (bicyclic) bond motifs is 1. The van der Waals surface area contributed by atoms with Gasteiger partial charge in [0.1, 0.15) is 5.76 Å². The molecule has 7 nitrogen and oxygen atoms in total. The smallest absolute Gasteiger partial charge is 0.372 e. The van der Waals surface area contributed by atoms with E-state index in [2.05, 4.69) is 10.5 Å². The number of furan rings is 1. The molecule has 0 aromatic carbocycles. The van der Waals surface area contributed by atoms with E-state index in [1.54, 1.807) is 6.92 Å². The number of hydrogen-bond donors (Lipinski definition) is 3. The Morgan fingerprint density at radius 1 is 1.40 bits per heavy atom. The van der Waals surface area contributed by atoms with Crippen molar-refractivity contribution in [3.8, 4) is 0 Å². The first-order valence-electron chi connectivity index (χ1n) is 6.19. The molecule has 0 fully saturated rings. The summed E-state index contributed by atoms with van der Waals surface area (Å²) in [6.45, 7) is 5.71. The molecule has 4 N–H and O–H groups in total. The van der Waals surface area contributed by atoms with Gasteiger partial charge in [-0.15, -0.1) is 0 Å². The summed E-state index contributed by atoms with van der Waals surface area (Å²) in [7, 11) is 0. The Labute approximate surface area is 115 Å². The molecular weight excluding hydrogens is 262 g/mol. The Bertz CT molecular complexity index is 613. The van der Waals surface area contributed by atoms with Crippen LogP contribution in [0.25, 0.3) is 0 Å². The number of aromatic carboxylic acids is 1. The van der Waals surface area contributed by atoms with Gasteiger partial charge < -0.3 is 15.3 Å². The number of amides is 2. The van der Waals surface area contributed by atoms with Crippen molar-refractivity contribution in [1.29, 1.82) is 0 Å². The van der Waals surface area contributed by atoms with Crippen LogP contribution in [-0.4, -0.2) is 22.8 Å². The lowest BCUT2D eigenvalue weighted by atomic mass is 9.75. The molecule has 0 unspecified atom stereocenters. The van der Waals surface area contributed by atoms with Crippen LogP contribution in [-0.2, 0) is 6.42 Å². The van der Waals surface area contributed by atoms with E-state index < -0.39 is 12.0 Å². The van der Waals surface area contributed by atoms with Crippen LogP contribution in [0.2, 0.25) is 0 Å². The molecule has 0 atom stereocenters. The highest BCUT2D eigenvalue weighted by molar-refractivity contribution is 6.06. The maximum atomic E-state index is 11.2. The van der Waals surface area contributed by atoms with E-state index in [1.807, 2.05) is 13.8 Å². The highest BCUT2D eigenvalue weighted by atomic mass is 16.4. The molecule has 1 aliphatic carbocycles. The molecule has 2 amide bonds. The molecule has 0 spiro atoms. The highest BCUT2D eigenvalue weighted by Crippen LogP contribution is 2.38. The monoisotopic (exact) mass is 279 g/mol. The van der Waals surface area contributed by atoms with Crippen molar-refractivity contribution >= 4 is 17.7 Å². The van der Waals surface area contributed by atoms with E-state index in [9.17, 15) is 9.59 Å². The first kappa shape index (κ1) is 14.1. The van der Waals surface area contributed by atoms with E-state index >= 15 is 0 Å². The number of rotatable bonds is 2. The zero-order valence-corrected chi connectivity index (χ0v) is 11.6. The average Bonchev–Trinajstić information content (AvgIpc) is 2.62. The predicted molar refractivity (Wildman–Crippen MR) is 71.8 cm³/mol. The topological polar surface area (TPSA) is 118 Å². The van der Waals surface area contributed by atoms with Crippen LogP contribution in [0, 0.1) is 12.3 Å². The van der Waals surface area contributed by atoms with Gasteiger partial charge in [-0.3, -0.25) is 0 Å². The van der Waals surface area contributed by atoms with Gasteiger partial charge in [-0.2, -0.15) is 5.10 Å². The van der Waals surface area contributed by atoms with Gasteiger partial charge in [0, 0.05) is 17.5 Å². The van der Waals surface area contributed by atoms with Gasteiger partial charge in [-0.05, 0) is 18.8 Å². The zero-order valence-electron chi connectivity index (χ0n) is 11.6. The number of urea groups is 1. The molecule has 1 aromatic heterocycles. The first-order valence-corrected chi connectivity index (χ1v) is 6.19. The van der Waals surface area contributed by atoms with Gasteiger partial charge in [0.2, 0.25) is 5.76 Å². The molecule has 1 aliphatic rings. The van der Waals surface area contributed by atoms with Gasteiger partial charge in [-0.25, -0.2) is 15.0 Å². The number of hydrogen-bond acceptors (Lipinski definition) is 4. The standard InChI is InChI=1S/C13H17N3O4/c1-6-9-7(15-16-12(14)19)4-13(2,3)5-8(9)20-10(6)11(17)18/h4-5H2,1-3H3,(H,17,18)(H3,14,16,19). The molecule has 0 radical (unpaired) electrons. The highest BCUT2D eigenvalue weighted by Gasteiger charge is 2.36. The van der Waals surface area contributed by atoms with Crippen molar-refractivity contribution in [1.82, 2.24) is 5.43 Å². The second kappa shape index (κ2) is 4.66. The van der Waals surface area contributed by atoms with E-state index in [0.717, 1.165) is 0 Å². The van der Waals surface area contributed by atoms with E-state index in [4.69, 9.17) is 15.3 Å². The van der Waals surface area contributed by atoms with Crippen molar-refractivity contribution in [3.63, 3.8) is 0 Å². The Balaban J connectivity index is 2.55. The second-order valence-electron chi connectivity index (χ2n) is 5.71. The van der Waals surface area contributed by atoms with Crippen molar-refractivity contribution in [2.24, 2.45) is 16.3 Å². The van der Waals surface area contributed by atoms with Crippen LogP contribution in [0.15, 0.2) is 9.52 Å². The normalized spacial score (nSPS) is 18.6. The van der Waals surface area contributed by atoms with Crippen LogP contribution in [0.5, 0.6) is 0 Å². The number of primary amides is 1. The number of carbonyl (C=O) groups is 2. The average molecular weight is 279 g/mol. The molecule has 20 heavy (non-hydrogen) atoms. The number of carbonyl (C=O) groups excluding carboxylic acids is 1. The maximum Gasteiger partial charge on any atom is 0.372 e. The Morgan fingerprint density at radius 3 is 2.60 bits per heavy atom. The van der Waals surface area contributed by atoms with E-state index in [0.29, 0.717) is 35.4 Å². The molecule has 108 valence electrons. The predicted octanol–water partition coefficient (Wildman–Crippen LogP) is 1.63. The molecule has 0 saturated heterocycles. The third kappa shape index (κ3) is 2.52. The summed E-state index contributed by atoms with van der Waals surface area (Å²) in [5.41, 5.74) is 8.85. The van der Waals surface area contributed by atoms with E-state index in [-0.39, 0.29) is 11.2 Å². The van der Waals surface area contributed by atoms with Gasteiger partial charge in [-0.1, -0.05) is 13.8 Å². The summed E-state index contributed by atoms with van der Waals surface area (Å²) in [6, 6.07) is -0.762. The minimum Gasteiger partial charge on any atom is -0.475 e. The quantitative estimate of drug-likeness (QED) is 0.713. The lowest BCUT2D eigenvalue weighted by Crippen LogP contribution is -2.31. The molecule has 2 rings (SSSR count). The number of nitrogens with one attached hydrogen (secondary N) is 1. The molecule has 7 heteroatoms. The largest absolute Gasteiger partial charge is 0.475 e. The van der Waals surface area contributed by atoms with Crippen LogP contribution < -0.4 is 11.2 Å². The fourth-order valence-electron chi connectivity index (χ4n) is 2.54. The Kier molecular flexibility index (Phi) is 3.29. The SMILES string of the molecule is Cc1c(C(=O)O)oc2c1C(=NNC(N)=O)CC(C)(C)C2. The van der Waals surface area contributed by atoms with Gasteiger partial charge in [0.25, 0.3) is 0 Å². The Hall–Kier alpha value is -2.31. The van der Waals surface area contributed by atoms with Gasteiger partial charge in [0.15, 0.2) is 0 Å². The summed E-state index contributed by atoms with van der Waals surface area (Å²) < 4.78 is 5.45. The van der Waals surface area contributed by atoms with Crippen LogP contribution >= 0.6 is 0 Å². The minimum absolute atomic E-state index is 0.0838. The summed E-state index contributed by atoms with van der Waals surface area (Å²) >= 11 is 0. The number of hydrazone groups is 1. The molecular formula is C13H17N3O4.